The molecular formula is C28H19NO5. The third-order valence-corrected chi connectivity index (χ3v) is 5.52. The predicted molar refractivity (Wildman–Crippen MR) is 131 cm³/mol. The molecule has 1 aromatic heterocycles. The lowest BCUT2D eigenvalue weighted by molar-refractivity contribution is -0.386. The van der Waals surface area contributed by atoms with Gasteiger partial charge in [-0.3, -0.25) is 14.9 Å². The lowest BCUT2D eigenvalue weighted by Gasteiger charge is -2.14. The average molecular weight is 449 g/mol. The maximum atomic E-state index is 12.9. The third kappa shape index (κ3) is 4.04. The van der Waals surface area contributed by atoms with Crippen molar-refractivity contribution in [3.63, 3.8) is 0 Å². The number of nitro groups is 1. The molecule has 0 aliphatic heterocycles. The number of fused-ring (bicyclic) bond motifs is 1. The number of benzene rings is 4. The number of ether oxygens (including phenoxy) is 1. The third-order valence-electron chi connectivity index (χ3n) is 5.52. The Morgan fingerprint density at radius 1 is 0.794 bits per heavy atom. The fourth-order valence-corrected chi connectivity index (χ4v) is 3.87. The van der Waals surface area contributed by atoms with Gasteiger partial charge in [-0.2, -0.15) is 0 Å². The van der Waals surface area contributed by atoms with E-state index in [1.165, 1.54) is 6.07 Å². The van der Waals surface area contributed by atoms with Crippen LogP contribution in [0.15, 0.2) is 112 Å². The smallest absolute Gasteiger partial charge is 0.359 e. The lowest BCUT2D eigenvalue weighted by atomic mass is 10.00. The largest absolute Gasteiger partial charge is 0.488 e. The molecule has 0 bridgehead atoms. The van der Waals surface area contributed by atoms with Crippen molar-refractivity contribution in [2.75, 3.05) is 0 Å². The van der Waals surface area contributed by atoms with Gasteiger partial charge in [0.2, 0.25) is 5.76 Å². The summed E-state index contributed by atoms with van der Waals surface area (Å²) in [6, 6.07) is 31.1. The van der Waals surface area contributed by atoms with E-state index < -0.39 is 16.0 Å². The molecule has 4 aromatic carbocycles. The maximum Gasteiger partial charge on any atom is 0.359 e. The van der Waals surface area contributed by atoms with E-state index in [-0.39, 0.29) is 11.1 Å². The van der Waals surface area contributed by atoms with Gasteiger partial charge in [0.05, 0.1) is 10.3 Å². The summed E-state index contributed by atoms with van der Waals surface area (Å²) in [7, 11) is 0. The lowest BCUT2D eigenvalue weighted by Crippen LogP contribution is -2.10. The molecule has 6 heteroatoms. The van der Waals surface area contributed by atoms with Gasteiger partial charge < -0.3 is 9.15 Å². The zero-order chi connectivity index (χ0) is 23.5. The number of hydrogen-bond donors (Lipinski definition) is 0. The molecule has 34 heavy (non-hydrogen) atoms. The van der Waals surface area contributed by atoms with Crippen LogP contribution in [0.25, 0.3) is 33.4 Å². The molecule has 0 aliphatic carbocycles. The molecule has 0 saturated heterocycles. The van der Waals surface area contributed by atoms with Crippen LogP contribution in [0.3, 0.4) is 0 Å². The Labute approximate surface area is 194 Å². The fraction of sp³-hybridized carbons (Fsp3) is 0.0357. The molecule has 6 nitrogen and oxygen atoms in total. The highest BCUT2D eigenvalue weighted by Crippen LogP contribution is 2.38. The number of hydrogen-bond acceptors (Lipinski definition) is 5. The van der Waals surface area contributed by atoms with Gasteiger partial charge >= 0.3 is 5.69 Å². The van der Waals surface area contributed by atoms with Gasteiger partial charge in [-0.1, -0.05) is 72.8 Å². The van der Waals surface area contributed by atoms with Crippen molar-refractivity contribution in [3.05, 3.63) is 129 Å². The van der Waals surface area contributed by atoms with Crippen LogP contribution in [0.4, 0.5) is 5.69 Å². The highest BCUT2D eigenvalue weighted by Gasteiger charge is 2.26. The van der Waals surface area contributed by atoms with E-state index in [9.17, 15) is 14.9 Å². The Morgan fingerprint density at radius 3 is 2.21 bits per heavy atom. The van der Waals surface area contributed by atoms with Crippen molar-refractivity contribution in [1.29, 1.82) is 0 Å². The highest BCUT2D eigenvalue weighted by molar-refractivity contribution is 5.85. The second-order valence-corrected chi connectivity index (χ2v) is 7.71. The van der Waals surface area contributed by atoms with E-state index in [4.69, 9.17) is 9.15 Å². The summed E-state index contributed by atoms with van der Waals surface area (Å²) >= 11 is 0. The molecule has 0 spiro atoms. The number of rotatable bonds is 6. The first-order chi connectivity index (χ1) is 16.6. The minimum Gasteiger partial charge on any atom is -0.488 e. The Balaban J connectivity index is 1.66. The molecule has 0 radical (unpaired) electrons. The van der Waals surface area contributed by atoms with Crippen LogP contribution in [0.5, 0.6) is 5.75 Å². The highest BCUT2D eigenvalue weighted by atomic mass is 16.6. The second-order valence-electron chi connectivity index (χ2n) is 7.71. The van der Waals surface area contributed by atoms with Crippen molar-refractivity contribution in [2.45, 2.75) is 6.61 Å². The van der Waals surface area contributed by atoms with Gasteiger partial charge in [0.1, 0.15) is 17.9 Å². The topological polar surface area (TPSA) is 82.6 Å². The normalized spacial score (nSPS) is 10.8. The zero-order valence-corrected chi connectivity index (χ0v) is 18.0. The Kier molecular flexibility index (Phi) is 5.62. The summed E-state index contributed by atoms with van der Waals surface area (Å²) in [5, 5.41) is 12.0. The van der Waals surface area contributed by atoms with Crippen LogP contribution in [0.1, 0.15) is 5.56 Å². The predicted octanol–water partition coefficient (Wildman–Crippen LogP) is 6.61. The first kappa shape index (κ1) is 21.2. The summed E-state index contributed by atoms with van der Waals surface area (Å²) in [4.78, 5) is 24.1. The van der Waals surface area contributed by atoms with Crippen LogP contribution in [0.2, 0.25) is 0 Å². The Hall–Kier alpha value is -4.71. The first-order valence-corrected chi connectivity index (χ1v) is 10.7. The fourth-order valence-electron chi connectivity index (χ4n) is 3.87. The van der Waals surface area contributed by atoms with Crippen molar-refractivity contribution in [3.8, 4) is 28.2 Å². The summed E-state index contributed by atoms with van der Waals surface area (Å²) in [5.41, 5.74) is 2.07. The summed E-state index contributed by atoms with van der Waals surface area (Å²) < 4.78 is 12.0. The van der Waals surface area contributed by atoms with Crippen LogP contribution >= 0.6 is 0 Å². The average Bonchev–Trinajstić information content (AvgIpc) is 2.88. The van der Waals surface area contributed by atoms with Crippen LogP contribution < -0.4 is 10.2 Å². The molecular weight excluding hydrogens is 430 g/mol. The van der Waals surface area contributed by atoms with E-state index in [1.807, 2.05) is 60.7 Å². The van der Waals surface area contributed by atoms with Gasteiger partial charge in [-0.05, 0) is 41.5 Å². The standard InChI is InChI=1S/C28H19NO5/c30-27-22-13-7-8-14-25(22)34-28(26(27)29(31)32)21-15-16-24(33-18-19-9-3-1-4-10-19)23(17-21)20-11-5-2-6-12-20/h1-17H,18H2. The van der Waals surface area contributed by atoms with E-state index in [0.717, 1.165) is 16.7 Å². The number of para-hydroxylation sites is 1. The summed E-state index contributed by atoms with van der Waals surface area (Å²) in [6.07, 6.45) is 0. The summed E-state index contributed by atoms with van der Waals surface area (Å²) in [6.45, 7) is 0.366. The van der Waals surface area contributed by atoms with Gasteiger partial charge in [0, 0.05) is 11.1 Å². The first-order valence-electron chi connectivity index (χ1n) is 10.7. The van der Waals surface area contributed by atoms with Crippen LogP contribution in [-0.2, 0) is 6.61 Å². The van der Waals surface area contributed by atoms with Crippen molar-refractivity contribution >= 4 is 16.7 Å². The molecule has 5 rings (SSSR count). The van der Waals surface area contributed by atoms with Crippen molar-refractivity contribution in [1.82, 2.24) is 0 Å². The van der Waals surface area contributed by atoms with Crippen molar-refractivity contribution < 1.29 is 14.1 Å². The molecule has 5 aromatic rings. The quantitative estimate of drug-likeness (QED) is 0.215. The Morgan fingerprint density at radius 2 is 1.47 bits per heavy atom. The van der Waals surface area contributed by atoms with Crippen LogP contribution in [0, 0.1) is 10.1 Å². The molecule has 0 fully saturated rings. The van der Waals surface area contributed by atoms with Gasteiger partial charge in [0.15, 0.2) is 0 Å². The van der Waals surface area contributed by atoms with Gasteiger partial charge in [-0.15, -0.1) is 0 Å². The SMILES string of the molecule is O=c1c([N+](=O)[O-])c(-c2ccc(OCc3ccccc3)c(-c3ccccc3)c2)oc2ccccc12. The van der Waals surface area contributed by atoms with E-state index in [1.54, 1.807) is 36.4 Å². The second kappa shape index (κ2) is 9.03. The molecule has 0 aliphatic rings. The Bertz CT molecular complexity index is 1540. The van der Waals surface area contributed by atoms with Crippen molar-refractivity contribution in [2.24, 2.45) is 0 Å². The van der Waals surface area contributed by atoms with Crippen LogP contribution in [-0.4, -0.2) is 4.92 Å². The monoisotopic (exact) mass is 449 g/mol. The molecule has 0 saturated carbocycles. The molecule has 166 valence electrons. The number of nitrogens with zero attached hydrogens (tertiary/aromatic N) is 1. The van der Waals surface area contributed by atoms with E-state index in [0.29, 0.717) is 23.5 Å². The van der Waals surface area contributed by atoms with E-state index in [2.05, 4.69) is 0 Å². The van der Waals surface area contributed by atoms with Gasteiger partial charge in [0.25, 0.3) is 5.43 Å². The molecule has 0 N–H and O–H groups in total. The van der Waals surface area contributed by atoms with Gasteiger partial charge in [-0.25, -0.2) is 0 Å². The molecule has 0 amide bonds. The molecule has 1 heterocycles. The van der Waals surface area contributed by atoms with E-state index >= 15 is 0 Å². The molecule has 0 unspecified atom stereocenters. The minimum absolute atomic E-state index is 0.0829. The maximum absolute atomic E-state index is 12.9. The zero-order valence-electron chi connectivity index (χ0n) is 18.0. The molecule has 0 atom stereocenters. The minimum atomic E-state index is -0.685. The summed E-state index contributed by atoms with van der Waals surface area (Å²) in [5.74, 6) is 0.532.